The van der Waals surface area contributed by atoms with Crippen LogP contribution >= 0.6 is 38.5 Å². The molecule has 0 radical (unpaired) electrons. The fraction of sp³-hybridized carbons (Fsp3) is 0.222. The Bertz CT molecular complexity index is 327. The molecule has 0 heterocycles. The molecule has 70 valence electrons. The molecular formula is C9H9BrINO. The lowest BCUT2D eigenvalue weighted by atomic mass is 10.2. The van der Waals surface area contributed by atoms with E-state index < -0.39 is 0 Å². The number of alkyl halides is 1. The molecule has 0 aliphatic carbocycles. The molecule has 0 aliphatic heterocycles. The first-order valence-electron chi connectivity index (χ1n) is 3.75. The summed E-state index contributed by atoms with van der Waals surface area (Å²) in [6.45, 7) is 2.02. The number of hydrogen-bond donors (Lipinski definition) is 1. The van der Waals surface area contributed by atoms with Gasteiger partial charge in [-0.2, -0.15) is 0 Å². The van der Waals surface area contributed by atoms with E-state index in [4.69, 9.17) is 0 Å². The minimum atomic E-state index is -0.0272. The van der Waals surface area contributed by atoms with Crippen LogP contribution in [-0.4, -0.2) is 11.2 Å². The highest BCUT2D eigenvalue weighted by atomic mass is 127. The Morgan fingerprint density at radius 1 is 1.62 bits per heavy atom. The number of nitrogens with one attached hydrogen (secondary N) is 1. The van der Waals surface area contributed by atoms with Crippen LogP contribution in [0.3, 0.4) is 0 Å². The third kappa shape index (κ3) is 3.27. The zero-order valence-corrected chi connectivity index (χ0v) is 10.8. The van der Waals surface area contributed by atoms with Crippen LogP contribution in [0.15, 0.2) is 18.2 Å². The van der Waals surface area contributed by atoms with Crippen molar-refractivity contribution in [1.82, 2.24) is 0 Å². The van der Waals surface area contributed by atoms with Crippen molar-refractivity contribution in [2.24, 2.45) is 0 Å². The number of halogens is 2. The van der Waals surface area contributed by atoms with E-state index >= 15 is 0 Å². The summed E-state index contributed by atoms with van der Waals surface area (Å²) < 4.78 is 1.20. The summed E-state index contributed by atoms with van der Waals surface area (Å²) in [5.41, 5.74) is 2.02. The third-order valence-corrected chi connectivity index (χ3v) is 3.28. The van der Waals surface area contributed by atoms with Crippen LogP contribution in [-0.2, 0) is 4.79 Å². The number of rotatable bonds is 2. The van der Waals surface area contributed by atoms with Crippen LogP contribution in [0.1, 0.15) is 5.56 Å². The molecule has 0 fully saturated rings. The molecule has 0 spiro atoms. The van der Waals surface area contributed by atoms with Gasteiger partial charge in [0.05, 0.1) is 5.33 Å². The summed E-state index contributed by atoms with van der Waals surface area (Å²) in [4.78, 5) is 11.0. The second-order valence-electron chi connectivity index (χ2n) is 2.65. The maximum absolute atomic E-state index is 11.0. The normalized spacial score (nSPS) is 9.77. The highest BCUT2D eigenvalue weighted by Crippen LogP contribution is 2.16. The number of carbonyl (C=O) groups excluding carboxylic acids is 1. The van der Waals surface area contributed by atoms with Crippen LogP contribution in [0.2, 0.25) is 0 Å². The molecule has 1 aromatic rings. The number of amides is 1. The predicted molar refractivity (Wildman–Crippen MR) is 66.3 cm³/mol. The fourth-order valence-corrected chi connectivity index (χ4v) is 1.39. The summed E-state index contributed by atoms with van der Waals surface area (Å²) in [5, 5.41) is 3.10. The fourth-order valence-electron chi connectivity index (χ4n) is 0.917. The minimum Gasteiger partial charge on any atom is -0.325 e. The van der Waals surface area contributed by atoms with E-state index in [1.165, 1.54) is 9.13 Å². The molecule has 1 aromatic carbocycles. The molecule has 0 atom stereocenters. The van der Waals surface area contributed by atoms with Crippen molar-refractivity contribution >= 4 is 50.1 Å². The lowest BCUT2D eigenvalue weighted by Gasteiger charge is -2.04. The topological polar surface area (TPSA) is 29.1 Å². The van der Waals surface area contributed by atoms with Gasteiger partial charge in [-0.15, -0.1) is 0 Å². The van der Waals surface area contributed by atoms with Gasteiger partial charge >= 0.3 is 0 Å². The van der Waals surface area contributed by atoms with Gasteiger partial charge in [-0.1, -0.05) is 15.9 Å². The van der Waals surface area contributed by atoms with Crippen molar-refractivity contribution in [1.29, 1.82) is 0 Å². The summed E-state index contributed by atoms with van der Waals surface area (Å²) in [7, 11) is 0. The Kier molecular flexibility index (Phi) is 4.18. The molecule has 1 amide bonds. The van der Waals surface area contributed by atoms with E-state index in [9.17, 15) is 4.79 Å². The maximum Gasteiger partial charge on any atom is 0.235 e. The summed E-state index contributed by atoms with van der Waals surface area (Å²) in [5.74, 6) is -0.0272. The van der Waals surface area contributed by atoms with Gasteiger partial charge < -0.3 is 5.32 Å². The Hall–Kier alpha value is -0.100. The maximum atomic E-state index is 11.0. The molecule has 0 aliphatic rings. The van der Waals surface area contributed by atoms with Crippen molar-refractivity contribution < 1.29 is 4.79 Å². The second-order valence-corrected chi connectivity index (χ2v) is 4.37. The van der Waals surface area contributed by atoms with Gasteiger partial charge in [0.2, 0.25) is 5.91 Å². The van der Waals surface area contributed by atoms with Crippen LogP contribution in [0.5, 0.6) is 0 Å². The molecule has 2 nitrogen and oxygen atoms in total. The molecule has 13 heavy (non-hydrogen) atoms. The van der Waals surface area contributed by atoms with Crippen LogP contribution in [0.25, 0.3) is 0 Å². The van der Waals surface area contributed by atoms with Crippen molar-refractivity contribution in [2.45, 2.75) is 6.92 Å². The van der Waals surface area contributed by atoms with Crippen LogP contribution < -0.4 is 5.32 Å². The van der Waals surface area contributed by atoms with E-state index in [1.54, 1.807) is 0 Å². The highest BCUT2D eigenvalue weighted by molar-refractivity contribution is 14.1. The summed E-state index contributed by atoms with van der Waals surface area (Å²) in [6.07, 6.45) is 0. The monoisotopic (exact) mass is 353 g/mol. The van der Waals surface area contributed by atoms with Crippen molar-refractivity contribution in [2.75, 3.05) is 10.6 Å². The van der Waals surface area contributed by atoms with Gasteiger partial charge in [0.1, 0.15) is 0 Å². The summed E-state index contributed by atoms with van der Waals surface area (Å²) in [6, 6.07) is 5.84. The quantitative estimate of drug-likeness (QED) is 0.642. The SMILES string of the molecule is Cc1cc(NC(=O)CBr)ccc1I. The van der Waals surface area contributed by atoms with E-state index in [-0.39, 0.29) is 5.91 Å². The average molecular weight is 354 g/mol. The van der Waals surface area contributed by atoms with Gasteiger partial charge in [0, 0.05) is 9.26 Å². The molecule has 1 rings (SSSR count). The van der Waals surface area contributed by atoms with Gasteiger partial charge in [0.25, 0.3) is 0 Å². The van der Waals surface area contributed by atoms with E-state index in [0.29, 0.717) is 5.33 Å². The van der Waals surface area contributed by atoms with E-state index in [1.807, 2.05) is 25.1 Å². The molecule has 0 bridgehead atoms. The first kappa shape index (κ1) is 11.0. The molecule has 0 saturated carbocycles. The Labute approximate surface area is 99.4 Å². The third-order valence-electron chi connectivity index (χ3n) is 1.56. The Morgan fingerprint density at radius 2 is 2.31 bits per heavy atom. The number of benzene rings is 1. The van der Waals surface area contributed by atoms with Gasteiger partial charge in [-0.25, -0.2) is 0 Å². The number of carbonyl (C=O) groups is 1. The van der Waals surface area contributed by atoms with Crippen molar-refractivity contribution in [3.8, 4) is 0 Å². The van der Waals surface area contributed by atoms with Gasteiger partial charge in [-0.05, 0) is 53.3 Å². The van der Waals surface area contributed by atoms with Gasteiger partial charge in [-0.3, -0.25) is 4.79 Å². The number of anilines is 1. The standard InChI is InChI=1S/C9H9BrINO/c1-6-4-7(2-3-8(6)11)12-9(13)5-10/h2-4H,5H2,1H3,(H,12,13). The van der Waals surface area contributed by atoms with Gasteiger partial charge in [0.15, 0.2) is 0 Å². The second kappa shape index (κ2) is 4.95. The lowest BCUT2D eigenvalue weighted by Crippen LogP contribution is -2.12. The molecule has 0 aromatic heterocycles. The Balaban J connectivity index is 2.79. The zero-order chi connectivity index (χ0) is 9.84. The molecular weight excluding hydrogens is 345 g/mol. The van der Waals surface area contributed by atoms with Crippen molar-refractivity contribution in [3.05, 3.63) is 27.3 Å². The molecule has 0 saturated heterocycles. The molecule has 4 heteroatoms. The molecule has 1 N–H and O–H groups in total. The van der Waals surface area contributed by atoms with Crippen LogP contribution in [0, 0.1) is 10.5 Å². The zero-order valence-electron chi connectivity index (χ0n) is 7.10. The average Bonchev–Trinajstić information content (AvgIpc) is 2.11. The lowest BCUT2D eigenvalue weighted by molar-refractivity contribution is -0.113. The van der Waals surface area contributed by atoms with E-state index in [2.05, 4.69) is 43.8 Å². The molecule has 0 unspecified atom stereocenters. The summed E-state index contributed by atoms with van der Waals surface area (Å²) >= 11 is 5.35. The number of aryl methyl sites for hydroxylation is 1. The first-order chi connectivity index (χ1) is 6.13. The smallest absolute Gasteiger partial charge is 0.235 e. The predicted octanol–water partition coefficient (Wildman–Crippen LogP) is 2.93. The van der Waals surface area contributed by atoms with E-state index in [0.717, 1.165) is 5.69 Å². The van der Waals surface area contributed by atoms with Crippen LogP contribution in [0.4, 0.5) is 5.69 Å². The Morgan fingerprint density at radius 3 is 2.85 bits per heavy atom. The highest BCUT2D eigenvalue weighted by Gasteiger charge is 2.00. The van der Waals surface area contributed by atoms with Crippen molar-refractivity contribution in [3.63, 3.8) is 0 Å². The first-order valence-corrected chi connectivity index (χ1v) is 5.95. The largest absolute Gasteiger partial charge is 0.325 e. The number of hydrogen-bond acceptors (Lipinski definition) is 1. The minimum absolute atomic E-state index is 0.0272.